The molecule has 1 saturated heterocycles. The highest BCUT2D eigenvalue weighted by Gasteiger charge is 2.41. The number of carboxylic acid groups (broad SMARTS) is 1. The Kier molecular flexibility index (Phi) is 10.5. The molecule has 0 atom stereocenters. The van der Waals surface area contributed by atoms with Crippen molar-refractivity contribution in [2.24, 2.45) is 5.92 Å². The SMILES string of the molecule is Cc1cc(C)cc(OCCCN2CCC(C(O)(c3ccccc3)c3ccccc3)CC2)c1.O=C(O)C(F)(F)F. The quantitative estimate of drug-likeness (QED) is 0.324. The first-order valence-corrected chi connectivity index (χ1v) is 13.1. The van der Waals surface area contributed by atoms with Crippen LogP contribution < -0.4 is 4.74 Å². The molecule has 3 aromatic carbocycles. The Labute approximate surface area is 227 Å². The standard InChI is InChI=1S/C29H35NO2.C2HF3O2/c1-23-20-24(2)22-28(21-23)32-19-9-16-30-17-14-27(15-18-30)29(31,25-10-5-3-6-11-25)26-12-7-4-8-13-26;3-2(4,5)1(6)7/h3-8,10-13,20-22,27,31H,9,14-19H2,1-2H3;(H,6,7). The zero-order valence-corrected chi connectivity index (χ0v) is 22.3. The van der Waals surface area contributed by atoms with E-state index in [4.69, 9.17) is 14.6 Å². The van der Waals surface area contributed by atoms with E-state index in [9.17, 15) is 18.3 Å². The number of hydrogen-bond donors (Lipinski definition) is 2. The average molecular weight is 544 g/mol. The lowest BCUT2D eigenvalue weighted by atomic mass is 9.72. The fraction of sp³-hybridized carbons (Fsp3) is 0.387. The molecule has 0 saturated carbocycles. The number of halogens is 3. The van der Waals surface area contributed by atoms with E-state index in [1.165, 1.54) is 11.1 Å². The third kappa shape index (κ3) is 8.57. The minimum absolute atomic E-state index is 0.204. The molecule has 8 heteroatoms. The summed E-state index contributed by atoms with van der Waals surface area (Å²) in [5.41, 5.74) is 3.52. The summed E-state index contributed by atoms with van der Waals surface area (Å²) in [6, 6.07) is 26.7. The van der Waals surface area contributed by atoms with Crippen molar-refractivity contribution >= 4 is 5.97 Å². The molecule has 0 spiro atoms. The predicted molar refractivity (Wildman–Crippen MR) is 145 cm³/mol. The number of carbonyl (C=O) groups is 1. The summed E-state index contributed by atoms with van der Waals surface area (Å²) >= 11 is 0. The van der Waals surface area contributed by atoms with Gasteiger partial charge in [-0.25, -0.2) is 4.79 Å². The number of carboxylic acids is 1. The molecule has 2 N–H and O–H groups in total. The number of benzene rings is 3. The summed E-state index contributed by atoms with van der Waals surface area (Å²) < 4.78 is 37.7. The lowest BCUT2D eigenvalue weighted by Crippen LogP contribution is -2.44. The van der Waals surface area contributed by atoms with Crippen LogP contribution in [0.25, 0.3) is 0 Å². The van der Waals surface area contributed by atoms with E-state index < -0.39 is 17.7 Å². The first-order valence-electron chi connectivity index (χ1n) is 13.1. The van der Waals surface area contributed by atoms with E-state index in [2.05, 4.69) is 61.2 Å². The van der Waals surface area contributed by atoms with Crippen molar-refractivity contribution in [1.29, 1.82) is 0 Å². The fourth-order valence-corrected chi connectivity index (χ4v) is 5.09. The molecule has 0 aliphatic carbocycles. The molecule has 210 valence electrons. The van der Waals surface area contributed by atoms with E-state index in [-0.39, 0.29) is 5.92 Å². The van der Waals surface area contributed by atoms with Crippen LogP contribution in [-0.2, 0) is 10.4 Å². The average Bonchev–Trinajstić information content (AvgIpc) is 2.91. The fourth-order valence-electron chi connectivity index (χ4n) is 5.09. The first kappa shape index (κ1) is 30.2. The van der Waals surface area contributed by atoms with Crippen LogP contribution in [0.15, 0.2) is 78.9 Å². The summed E-state index contributed by atoms with van der Waals surface area (Å²) in [6.07, 6.45) is -2.10. The molecule has 1 heterocycles. The molecule has 0 aromatic heterocycles. The van der Waals surface area contributed by atoms with Crippen LogP contribution >= 0.6 is 0 Å². The van der Waals surface area contributed by atoms with Crippen LogP contribution in [0.2, 0.25) is 0 Å². The molecule has 1 fully saturated rings. The summed E-state index contributed by atoms with van der Waals surface area (Å²) in [4.78, 5) is 11.4. The van der Waals surface area contributed by atoms with Crippen molar-refractivity contribution in [2.45, 2.75) is 44.9 Å². The summed E-state index contributed by atoms with van der Waals surface area (Å²) in [5.74, 6) is -1.58. The molecule has 0 radical (unpaired) electrons. The number of nitrogens with zero attached hydrogens (tertiary/aromatic N) is 1. The van der Waals surface area contributed by atoms with E-state index in [1.54, 1.807) is 0 Å². The minimum atomic E-state index is -5.08. The summed E-state index contributed by atoms with van der Waals surface area (Å²) in [6.45, 7) is 8.01. The van der Waals surface area contributed by atoms with Gasteiger partial charge in [0, 0.05) is 6.54 Å². The lowest BCUT2D eigenvalue weighted by molar-refractivity contribution is -0.192. The number of aliphatic carboxylic acids is 1. The van der Waals surface area contributed by atoms with Gasteiger partial charge in [-0.15, -0.1) is 0 Å². The van der Waals surface area contributed by atoms with Crippen LogP contribution in [-0.4, -0.2) is 53.5 Å². The maximum Gasteiger partial charge on any atom is 0.490 e. The number of rotatable bonds is 8. The van der Waals surface area contributed by atoms with Crippen LogP contribution in [0.5, 0.6) is 5.75 Å². The zero-order chi connectivity index (χ0) is 28.5. The lowest BCUT2D eigenvalue weighted by Gasteiger charge is -2.42. The van der Waals surface area contributed by atoms with E-state index >= 15 is 0 Å². The summed E-state index contributed by atoms with van der Waals surface area (Å²) in [7, 11) is 0. The molecule has 0 unspecified atom stereocenters. The smallest absolute Gasteiger partial charge is 0.490 e. The Morgan fingerprint density at radius 1 is 0.897 bits per heavy atom. The summed E-state index contributed by atoms with van der Waals surface area (Å²) in [5, 5.41) is 19.1. The van der Waals surface area contributed by atoms with Crippen molar-refractivity contribution in [3.05, 3.63) is 101 Å². The van der Waals surface area contributed by atoms with Crippen LogP contribution in [0.4, 0.5) is 13.2 Å². The highest BCUT2D eigenvalue weighted by Crippen LogP contribution is 2.41. The highest BCUT2D eigenvalue weighted by molar-refractivity contribution is 5.73. The Morgan fingerprint density at radius 2 is 1.36 bits per heavy atom. The second kappa shape index (κ2) is 13.6. The predicted octanol–water partition coefficient (Wildman–Crippen LogP) is 6.35. The normalized spacial score (nSPS) is 14.8. The van der Waals surface area contributed by atoms with E-state index in [0.717, 1.165) is 62.4 Å². The van der Waals surface area contributed by atoms with E-state index in [1.807, 2.05) is 36.4 Å². The molecule has 4 rings (SSSR count). The van der Waals surface area contributed by atoms with Gasteiger partial charge in [-0.3, -0.25) is 0 Å². The number of aliphatic hydroxyl groups is 1. The number of alkyl halides is 3. The van der Waals surface area contributed by atoms with Gasteiger partial charge < -0.3 is 19.8 Å². The topological polar surface area (TPSA) is 70.0 Å². The monoisotopic (exact) mass is 543 g/mol. The van der Waals surface area contributed by atoms with Gasteiger partial charge in [-0.2, -0.15) is 13.2 Å². The maximum atomic E-state index is 12.0. The zero-order valence-electron chi connectivity index (χ0n) is 22.3. The van der Waals surface area contributed by atoms with E-state index in [0.29, 0.717) is 0 Å². The molecular weight excluding hydrogens is 507 g/mol. The van der Waals surface area contributed by atoms with Gasteiger partial charge in [0.15, 0.2) is 0 Å². The van der Waals surface area contributed by atoms with Gasteiger partial charge in [0.05, 0.1) is 6.61 Å². The number of hydrogen-bond acceptors (Lipinski definition) is 4. The minimum Gasteiger partial charge on any atom is -0.494 e. The second-order valence-corrected chi connectivity index (χ2v) is 9.94. The Bertz CT molecular complexity index is 1120. The number of ether oxygens (including phenoxy) is 1. The number of piperidine rings is 1. The number of likely N-dealkylation sites (tertiary alicyclic amines) is 1. The Morgan fingerprint density at radius 3 is 1.79 bits per heavy atom. The van der Waals surface area contributed by atoms with Gasteiger partial charge in [0.25, 0.3) is 0 Å². The Hall–Kier alpha value is -3.36. The van der Waals surface area contributed by atoms with Gasteiger partial charge in [-0.05, 0) is 86.5 Å². The third-order valence-electron chi connectivity index (χ3n) is 6.93. The van der Waals surface area contributed by atoms with Crippen LogP contribution in [0.3, 0.4) is 0 Å². The third-order valence-corrected chi connectivity index (χ3v) is 6.93. The second-order valence-electron chi connectivity index (χ2n) is 9.94. The largest absolute Gasteiger partial charge is 0.494 e. The van der Waals surface area contributed by atoms with Gasteiger partial charge in [-0.1, -0.05) is 66.7 Å². The van der Waals surface area contributed by atoms with Crippen molar-refractivity contribution in [3.8, 4) is 5.75 Å². The van der Waals surface area contributed by atoms with Gasteiger partial charge in [0.2, 0.25) is 0 Å². The van der Waals surface area contributed by atoms with Crippen molar-refractivity contribution < 1.29 is 32.9 Å². The maximum absolute atomic E-state index is 12.0. The van der Waals surface area contributed by atoms with Crippen molar-refractivity contribution in [1.82, 2.24) is 4.90 Å². The molecule has 0 bridgehead atoms. The van der Waals surface area contributed by atoms with Gasteiger partial charge in [0.1, 0.15) is 11.4 Å². The molecule has 3 aromatic rings. The van der Waals surface area contributed by atoms with Crippen LogP contribution in [0.1, 0.15) is 41.5 Å². The molecule has 1 aliphatic rings. The molecule has 39 heavy (non-hydrogen) atoms. The highest BCUT2D eigenvalue weighted by atomic mass is 19.4. The first-order chi connectivity index (χ1) is 18.5. The van der Waals surface area contributed by atoms with Crippen LogP contribution in [0, 0.1) is 19.8 Å². The van der Waals surface area contributed by atoms with Crippen molar-refractivity contribution in [3.63, 3.8) is 0 Å². The van der Waals surface area contributed by atoms with Crippen molar-refractivity contribution in [2.75, 3.05) is 26.2 Å². The Balaban J connectivity index is 0.000000532. The molecule has 0 amide bonds. The molecule has 1 aliphatic heterocycles. The molecule has 5 nitrogen and oxygen atoms in total. The number of aryl methyl sites for hydroxylation is 2. The molecular formula is C31H36F3NO4. The van der Waals surface area contributed by atoms with Gasteiger partial charge >= 0.3 is 12.1 Å².